The van der Waals surface area contributed by atoms with Crippen LogP contribution in [0, 0.1) is 30.1 Å². The Balaban J connectivity index is 1.35. The van der Waals surface area contributed by atoms with Crippen LogP contribution in [0.2, 0.25) is 0 Å². The molecule has 0 spiro atoms. The average molecular weight is 470 g/mol. The lowest BCUT2D eigenvalue weighted by molar-refractivity contribution is -0.0526. The van der Waals surface area contributed by atoms with Gasteiger partial charge in [0.2, 0.25) is 0 Å². The number of aromatic nitrogens is 2. The number of aryl methyl sites for hydroxylation is 1. The summed E-state index contributed by atoms with van der Waals surface area (Å²) in [5.74, 6) is 1.88. The van der Waals surface area contributed by atoms with E-state index in [4.69, 9.17) is 4.98 Å². The Morgan fingerprint density at radius 1 is 1.03 bits per heavy atom. The Kier molecular flexibility index (Phi) is 5.28. The lowest BCUT2D eigenvalue weighted by atomic mass is 9.48. The van der Waals surface area contributed by atoms with Crippen LogP contribution in [0.25, 0.3) is 11.4 Å². The number of hydrogen-bond acceptors (Lipinski definition) is 3. The molecule has 0 radical (unpaired) electrons. The second-order valence-corrected chi connectivity index (χ2v) is 11.2. The summed E-state index contributed by atoms with van der Waals surface area (Å²) in [5.41, 5.74) is 4.25. The number of anilines is 1. The zero-order chi connectivity index (χ0) is 24.2. The van der Waals surface area contributed by atoms with E-state index < -0.39 is 5.97 Å². The molecule has 6 heteroatoms. The van der Waals surface area contributed by atoms with Crippen molar-refractivity contribution < 1.29 is 14.7 Å². The van der Waals surface area contributed by atoms with Crippen molar-refractivity contribution in [2.75, 3.05) is 5.32 Å². The Hall–Kier alpha value is -3.41. The predicted octanol–water partition coefficient (Wildman–Crippen LogP) is 6.09. The van der Waals surface area contributed by atoms with Gasteiger partial charge in [-0.05, 0) is 98.8 Å². The second-order valence-electron chi connectivity index (χ2n) is 11.2. The fraction of sp³-hybridized carbons (Fsp3) is 0.414. The third kappa shape index (κ3) is 4.15. The van der Waals surface area contributed by atoms with Crippen molar-refractivity contribution in [3.05, 3.63) is 71.0 Å². The van der Waals surface area contributed by atoms with Crippen LogP contribution in [-0.2, 0) is 6.42 Å². The summed E-state index contributed by atoms with van der Waals surface area (Å²) in [6, 6.07) is 14.4. The maximum absolute atomic E-state index is 13.5. The first-order valence-electron chi connectivity index (χ1n) is 12.7. The molecule has 35 heavy (non-hydrogen) atoms. The molecule has 0 saturated heterocycles. The summed E-state index contributed by atoms with van der Waals surface area (Å²) in [6.07, 6.45) is 8.73. The Morgan fingerprint density at radius 2 is 1.71 bits per heavy atom. The van der Waals surface area contributed by atoms with Crippen LogP contribution < -0.4 is 5.32 Å². The molecule has 7 rings (SSSR count). The van der Waals surface area contributed by atoms with E-state index in [1.165, 1.54) is 50.7 Å². The zero-order valence-electron chi connectivity index (χ0n) is 20.0. The Bertz CT molecular complexity index is 1270. The summed E-state index contributed by atoms with van der Waals surface area (Å²) in [4.78, 5) is 33.2. The van der Waals surface area contributed by atoms with Crippen LogP contribution >= 0.6 is 0 Å². The van der Waals surface area contributed by atoms with Crippen molar-refractivity contribution >= 4 is 17.6 Å². The SMILES string of the molecule is Cc1ccccc1-c1nc(C(=O)Nc2cccc(C(=O)O)c2)c(CC23CC4CC(CC(C4)C2)C3)[nH]1. The molecule has 1 aromatic heterocycles. The number of carboxylic acids is 1. The molecule has 4 saturated carbocycles. The molecule has 4 aliphatic carbocycles. The van der Waals surface area contributed by atoms with E-state index in [1.807, 2.05) is 31.2 Å². The van der Waals surface area contributed by atoms with Gasteiger partial charge in [-0.3, -0.25) is 4.79 Å². The third-order valence-electron chi connectivity index (χ3n) is 8.48. The van der Waals surface area contributed by atoms with Crippen molar-refractivity contribution in [1.29, 1.82) is 0 Å². The number of rotatable bonds is 6. The first-order chi connectivity index (χ1) is 16.9. The predicted molar refractivity (Wildman–Crippen MR) is 134 cm³/mol. The van der Waals surface area contributed by atoms with Gasteiger partial charge in [-0.2, -0.15) is 0 Å². The molecule has 180 valence electrons. The molecule has 1 heterocycles. The van der Waals surface area contributed by atoms with Crippen molar-refractivity contribution in [2.45, 2.75) is 51.9 Å². The molecule has 4 aliphatic rings. The highest BCUT2D eigenvalue weighted by Gasteiger charge is 2.51. The van der Waals surface area contributed by atoms with Gasteiger partial charge in [0.25, 0.3) is 5.91 Å². The molecule has 4 bridgehead atoms. The van der Waals surface area contributed by atoms with Gasteiger partial charge in [-0.25, -0.2) is 9.78 Å². The number of H-pyrrole nitrogens is 1. The molecule has 1 amide bonds. The van der Waals surface area contributed by atoms with E-state index in [2.05, 4.69) is 10.3 Å². The average Bonchev–Trinajstić information content (AvgIpc) is 3.21. The van der Waals surface area contributed by atoms with Gasteiger partial charge in [0, 0.05) is 16.9 Å². The summed E-state index contributed by atoms with van der Waals surface area (Å²) in [7, 11) is 0. The molecule has 6 nitrogen and oxygen atoms in total. The number of hydrogen-bond donors (Lipinski definition) is 3. The quantitative estimate of drug-likeness (QED) is 0.407. The van der Waals surface area contributed by atoms with Crippen molar-refractivity contribution in [2.24, 2.45) is 23.2 Å². The van der Waals surface area contributed by atoms with Gasteiger partial charge in [0.1, 0.15) is 11.5 Å². The van der Waals surface area contributed by atoms with E-state index >= 15 is 0 Å². The summed E-state index contributed by atoms with van der Waals surface area (Å²) < 4.78 is 0. The van der Waals surface area contributed by atoms with E-state index in [-0.39, 0.29) is 16.9 Å². The minimum Gasteiger partial charge on any atom is -0.478 e. The van der Waals surface area contributed by atoms with E-state index in [1.54, 1.807) is 12.1 Å². The van der Waals surface area contributed by atoms with Crippen LogP contribution in [0.1, 0.15) is 70.6 Å². The number of aromatic carboxylic acids is 1. The fourth-order valence-corrected chi connectivity index (χ4v) is 7.49. The normalized spacial score (nSPS) is 26.6. The fourth-order valence-electron chi connectivity index (χ4n) is 7.49. The summed E-state index contributed by atoms with van der Waals surface area (Å²) >= 11 is 0. The molecule has 0 aliphatic heterocycles. The molecule has 3 aromatic rings. The minimum absolute atomic E-state index is 0.138. The van der Waals surface area contributed by atoms with Gasteiger partial charge < -0.3 is 15.4 Å². The third-order valence-corrected chi connectivity index (χ3v) is 8.48. The lowest BCUT2D eigenvalue weighted by Gasteiger charge is -2.57. The number of nitrogens with one attached hydrogen (secondary N) is 2. The molecular weight excluding hydrogens is 438 g/mol. The van der Waals surface area contributed by atoms with Gasteiger partial charge in [-0.15, -0.1) is 0 Å². The lowest BCUT2D eigenvalue weighted by Crippen LogP contribution is -2.47. The minimum atomic E-state index is -1.02. The molecular formula is C29H31N3O3. The van der Waals surface area contributed by atoms with Crippen LogP contribution in [0.15, 0.2) is 48.5 Å². The first kappa shape index (κ1) is 22.1. The number of carbonyl (C=O) groups excluding carboxylic acids is 1. The zero-order valence-corrected chi connectivity index (χ0v) is 20.0. The maximum atomic E-state index is 13.5. The highest BCUT2D eigenvalue weighted by Crippen LogP contribution is 2.61. The highest BCUT2D eigenvalue weighted by atomic mass is 16.4. The van der Waals surface area contributed by atoms with Gasteiger partial charge in [0.05, 0.1) is 5.56 Å². The monoisotopic (exact) mass is 469 g/mol. The Labute approximate surface area is 205 Å². The molecule has 4 fully saturated rings. The van der Waals surface area contributed by atoms with Crippen molar-refractivity contribution in [3.63, 3.8) is 0 Å². The number of imidazole rings is 1. The summed E-state index contributed by atoms with van der Waals surface area (Å²) in [6.45, 7) is 2.05. The number of carboxylic acid groups (broad SMARTS) is 1. The number of carbonyl (C=O) groups is 2. The molecule has 2 aromatic carbocycles. The van der Waals surface area contributed by atoms with Crippen molar-refractivity contribution in [3.8, 4) is 11.4 Å². The van der Waals surface area contributed by atoms with Crippen LogP contribution in [0.4, 0.5) is 5.69 Å². The standard InChI is InChI=1S/C29H31N3O3/c1-17-5-2-3-8-23(17)26-31-24(16-29-13-18-9-19(14-29)11-20(10-18)15-29)25(32-26)27(33)30-22-7-4-6-21(12-22)28(34)35/h2-8,12,18-20H,9-11,13-16H2,1H3,(H,30,33)(H,31,32)(H,34,35). The first-order valence-corrected chi connectivity index (χ1v) is 12.7. The largest absolute Gasteiger partial charge is 0.478 e. The van der Waals surface area contributed by atoms with Crippen molar-refractivity contribution in [1.82, 2.24) is 9.97 Å². The van der Waals surface area contributed by atoms with Crippen LogP contribution in [0.3, 0.4) is 0 Å². The molecule has 0 atom stereocenters. The highest BCUT2D eigenvalue weighted by molar-refractivity contribution is 6.04. The van der Waals surface area contributed by atoms with E-state index in [9.17, 15) is 14.7 Å². The van der Waals surface area contributed by atoms with Gasteiger partial charge in [-0.1, -0.05) is 30.3 Å². The van der Waals surface area contributed by atoms with Crippen LogP contribution in [0.5, 0.6) is 0 Å². The smallest absolute Gasteiger partial charge is 0.335 e. The molecule has 0 unspecified atom stereocenters. The van der Waals surface area contributed by atoms with Crippen LogP contribution in [-0.4, -0.2) is 27.0 Å². The number of benzene rings is 2. The Morgan fingerprint density at radius 3 is 2.37 bits per heavy atom. The summed E-state index contributed by atoms with van der Waals surface area (Å²) in [5, 5.41) is 12.2. The number of aromatic amines is 1. The maximum Gasteiger partial charge on any atom is 0.335 e. The van der Waals surface area contributed by atoms with Gasteiger partial charge in [0.15, 0.2) is 0 Å². The number of nitrogens with zero attached hydrogens (tertiary/aromatic N) is 1. The molecule has 3 N–H and O–H groups in total. The van der Waals surface area contributed by atoms with E-state index in [0.29, 0.717) is 17.2 Å². The van der Waals surface area contributed by atoms with E-state index in [0.717, 1.165) is 41.0 Å². The van der Waals surface area contributed by atoms with Gasteiger partial charge >= 0.3 is 5.97 Å². The second kappa shape index (κ2) is 8.36. The topological polar surface area (TPSA) is 95.1 Å². The number of amides is 1.